The molecule has 1 nitrogen and oxygen atoms in total. The first-order chi connectivity index (χ1) is 9.02. The molecule has 0 aliphatic heterocycles. The number of halogens is 3. The van der Waals surface area contributed by atoms with Gasteiger partial charge in [0.2, 0.25) is 0 Å². The summed E-state index contributed by atoms with van der Waals surface area (Å²) in [4.78, 5) is 0. The minimum absolute atomic E-state index is 0.238. The Morgan fingerprint density at radius 3 is 2.11 bits per heavy atom. The lowest BCUT2D eigenvalue weighted by atomic mass is 9.97. The maximum Gasteiger partial charge on any atom is 0.137 e. The van der Waals surface area contributed by atoms with Crippen LogP contribution in [-0.4, -0.2) is 7.05 Å². The third-order valence-corrected chi connectivity index (χ3v) is 3.74. The molecule has 1 unspecified atom stereocenters. The van der Waals surface area contributed by atoms with Gasteiger partial charge in [-0.3, -0.25) is 0 Å². The van der Waals surface area contributed by atoms with Crippen LogP contribution in [0.25, 0.3) is 0 Å². The van der Waals surface area contributed by atoms with E-state index in [-0.39, 0.29) is 17.7 Å². The zero-order valence-corrected chi connectivity index (χ0v) is 12.3. The van der Waals surface area contributed by atoms with Gasteiger partial charge in [0.25, 0.3) is 0 Å². The molecule has 0 bridgehead atoms. The fourth-order valence-corrected chi connectivity index (χ4v) is 2.25. The third kappa shape index (κ3) is 3.01. The second kappa shape index (κ2) is 5.80. The van der Waals surface area contributed by atoms with Gasteiger partial charge in [-0.1, -0.05) is 18.2 Å². The third-order valence-electron chi connectivity index (χ3n) is 3.09. The summed E-state index contributed by atoms with van der Waals surface area (Å²) >= 11 is 3.12. The maximum atomic E-state index is 13.6. The van der Waals surface area contributed by atoms with Crippen LogP contribution in [0.5, 0.6) is 0 Å². The van der Waals surface area contributed by atoms with Crippen LogP contribution in [0.3, 0.4) is 0 Å². The molecule has 0 aromatic heterocycles. The smallest absolute Gasteiger partial charge is 0.137 e. The standard InChI is InChI=1S/C15H14BrF2N/c1-9-3-4-10(7-13(9)17)15(19-2)11-5-6-12(16)14(18)8-11/h3-8,15,19H,1-2H3. The molecule has 0 amide bonds. The second-order valence-electron chi connectivity index (χ2n) is 4.40. The SMILES string of the molecule is CNC(c1ccc(C)c(F)c1)c1ccc(Br)c(F)c1. The number of benzene rings is 2. The highest BCUT2D eigenvalue weighted by atomic mass is 79.9. The van der Waals surface area contributed by atoms with E-state index in [1.807, 2.05) is 12.1 Å². The van der Waals surface area contributed by atoms with Gasteiger partial charge in [0.05, 0.1) is 10.5 Å². The van der Waals surface area contributed by atoms with Crippen molar-refractivity contribution in [2.24, 2.45) is 0 Å². The molecule has 19 heavy (non-hydrogen) atoms. The van der Waals surface area contributed by atoms with Crippen LogP contribution in [0.4, 0.5) is 8.78 Å². The van der Waals surface area contributed by atoms with Crippen LogP contribution in [0, 0.1) is 18.6 Å². The molecule has 0 aliphatic carbocycles. The molecule has 1 atom stereocenters. The summed E-state index contributed by atoms with van der Waals surface area (Å²) in [5.74, 6) is -0.583. The quantitative estimate of drug-likeness (QED) is 0.884. The zero-order valence-electron chi connectivity index (χ0n) is 10.7. The van der Waals surface area contributed by atoms with Gasteiger partial charge < -0.3 is 5.32 Å². The minimum Gasteiger partial charge on any atom is -0.309 e. The number of nitrogens with one attached hydrogen (secondary N) is 1. The lowest BCUT2D eigenvalue weighted by Gasteiger charge is -2.18. The predicted molar refractivity (Wildman–Crippen MR) is 76.1 cm³/mol. The molecule has 100 valence electrons. The molecule has 2 rings (SSSR count). The topological polar surface area (TPSA) is 12.0 Å². The Morgan fingerprint density at radius 2 is 1.58 bits per heavy atom. The fourth-order valence-electron chi connectivity index (χ4n) is 2.01. The van der Waals surface area contributed by atoms with E-state index >= 15 is 0 Å². The van der Waals surface area contributed by atoms with Crippen LogP contribution in [0.15, 0.2) is 40.9 Å². The van der Waals surface area contributed by atoms with Crippen molar-refractivity contribution < 1.29 is 8.78 Å². The van der Waals surface area contributed by atoms with E-state index in [1.165, 1.54) is 12.1 Å². The van der Waals surface area contributed by atoms with E-state index in [4.69, 9.17) is 0 Å². The van der Waals surface area contributed by atoms with Crippen molar-refractivity contribution in [1.82, 2.24) is 5.32 Å². The van der Waals surface area contributed by atoms with E-state index < -0.39 is 0 Å². The highest BCUT2D eigenvalue weighted by molar-refractivity contribution is 9.10. The predicted octanol–water partition coefficient (Wildman–Crippen LogP) is 4.34. The molecule has 1 N–H and O–H groups in total. The van der Waals surface area contributed by atoms with Gasteiger partial charge in [0.1, 0.15) is 11.6 Å². The lowest BCUT2D eigenvalue weighted by Crippen LogP contribution is -2.18. The highest BCUT2D eigenvalue weighted by Crippen LogP contribution is 2.26. The molecule has 2 aromatic carbocycles. The molecule has 0 spiro atoms. The summed E-state index contributed by atoms with van der Waals surface area (Å²) < 4.78 is 27.6. The minimum atomic E-state index is -0.328. The van der Waals surface area contributed by atoms with Crippen molar-refractivity contribution in [3.05, 3.63) is 69.2 Å². The van der Waals surface area contributed by atoms with Crippen molar-refractivity contribution in [3.8, 4) is 0 Å². The van der Waals surface area contributed by atoms with E-state index in [9.17, 15) is 8.78 Å². The van der Waals surface area contributed by atoms with Crippen molar-refractivity contribution in [3.63, 3.8) is 0 Å². The van der Waals surface area contributed by atoms with Crippen LogP contribution >= 0.6 is 15.9 Å². The molecule has 0 heterocycles. The van der Waals surface area contributed by atoms with Gasteiger partial charge in [-0.2, -0.15) is 0 Å². The van der Waals surface area contributed by atoms with Crippen molar-refractivity contribution in [2.75, 3.05) is 7.05 Å². The van der Waals surface area contributed by atoms with Crippen molar-refractivity contribution in [2.45, 2.75) is 13.0 Å². The molecule has 2 aromatic rings. The first kappa shape index (κ1) is 14.2. The van der Waals surface area contributed by atoms with Gasteiger partial charge in [-0.15, -0.1) is 0 Å². The van der Waals surface area contributed by atoms with Crippen molar-refractivity contribution >= 4 is 15.9 Å². The largest absolute Gasteiger partial charge is 0.309 e. The first-order valence-corrected chi connectivity index (χ1v) is 6.70. The molecule has 0 fully saturated rings. The first-order valence-electron chi connectivity index (χ1n) is 5.91. The fraction of sp³-hybridized carbons (Fsp3) is 0.200. The average molecular weight is 326 g/mol. The summed E-state index contributed by atoms with van der Waals surface area (Å²) in [5, 5.41) is 3.08. The Labute approximate surface area is 119 Å². The second-order valence-corrected chi connectivity index (χ2v) is 5.26. The average Bonchev–Trinajstić information content (AvgIpc) is 2.39. The summed E-state index contributed by atoms with van der Waals surface area (Å²) in [6.07, 6.45) is 0. The van der Waals surface area contributed by atoms with Gasteiger partial charge in [0, 0.05) is 0 Å². The Balaban J connectivity index is 2.43. The molecule has 0 aliphatic rings. The van der Waals surface area contributed by atoms with E-state index in [0.717, 1.165) is 11.1 Å². The number of hydrogen-bond donors (Lipinski definition) is 1. The maximum absolute atomic E-state index is 13.6. The summed E-state index contributed by atoms with van der Waals surface area (Å²) in [6.45, 7) is 1.72. The van der Waals surface area contributed by atoms with Gasteiger partial charge in [0.15, 0.2) is 0 Å². The zero-order chi connectivity index (χ0) is 14.0. The van der Waals surface area contributed by atoms with Crippen LogP contribution in [0.1, 0.15) is 22.7 Å². The number of aryl methyl sites for hydroxylation is 1. The van der Waals surface area contributed by atoms with E-state index in [1.54, 1.807) is 26.1 Å². The van der Waals surface area contributed by atoms with Crippen molar-refractivity contribution in [1.29, 1.82) is 0 Å². The molecule has 0 saturated heterocycles. The summed E-state index contributed by atoms with van der Waals surface area (Å²) in [7, 11) is 1.77. The lowest BCUT2D eigenvalue weighted by molar-refractivity contribution is 0.601. The van der Waals surface area contributed by atoms with E-state index in [2.05, 4.69) is 21.2 Å². The normalized spacial score (nSPS) is 12.5. The Morgan fingerprint density at radius 1 is 1.00 bits per heavy atom. The Hall–Kier alpha value is -1.26. The van der Waals surface area contributed by atoms with Crippen LogP contribution in [-0.2, 0) is 0 Å². The molecule has 0 radical (unpaired) electrons. The van der Waals surface area contributed by atoms with Crippen LogP contribution < -0.4 is 5.32 Å². The molecule has 4 heteroatoms. The summed E-state index contributed by atoms with van der Waals surface area (Å²) in [5.41, 5.74) is 2.12. The highest BCUT2D eigenvalue weighted by Gasteiger charge is 2.14. The monoisotopic (exact) mass is 325 g/mol. The molecular weight excluding hydrogens is 312 g/mol. The van der Waals surface area contributed by atoms with Crippen LogP contribution in [0.2, 0.25) is 0 Å². The van der Waals surface area contributed by atoms with E-state index in [0.29, 0.717) is 10.0 Å². The molecular formula is C15H14BrF2N. The summed E-state index contributed by atoms with van der Waals surface area (Å²) in [6, 6.07) is 9.73. The Bertz CT molecular complexity index is 547. The number of rotatable bonds is 3. The number of hydrogen-bond acceptors (Lipinski definition) is 1. The Kier molecular flexibility index (Phi) is 4.32. The molecule has 0 saturated carbocycles. The van der Waals surface area contributed by atoms with Gasteiger partial charge >= 0.3 is 0 Å². The van der Waals surface area contributed by atoms with Gasteiger partial charge in [-0.25, -0.2) is 8.78 Å². The van der Waals surface area contributed by atoms with Gasteiger partial charge in [-0.05, 0) is 64.8 Å².